The standard InChI is InChI=1S/C17H23NO5/c1-10(2)6-14(17(20)23-5)18-9-13-12(16(18)19)7-11(21-3)8-15(13)22-4/h7-8,10,14H,6,9H2,1-5H3/t14-/m0/s1. The summed E-state index contributed by atoms with van der Waals surface area (Å²) in [5.41, 5.74) is 1.29. The van der Waals surface area contributed by atoms with Crippen molar-refractivity contribution in [2.24, 2.45) is 5.92 Å². The van der Waals surface area contributed by atoms with E-state index in [-0.39, 0.29) is 11.8 Å². The highest BCUT2D eigenvalue weighted by Crippen LogP contribution is 2.36. The second-order valence-electron chi connectivity index (χ2n) is 5.96. The molecule has 126 valence electrons. The van der Waals surface area contributed by atoms with Gasteiger partial charge in [0.05, 0.1) is 33.4 Å². The van der Waals surface area contributed by atoms with Gasteiger partial charge in [-0.3, -0.25) is 4.79 Å². The first kappa shape index (κ1) is 17.1. The quantitative estimate of drug-likeness (QED) is 0.752. The van der Waals surface area contributed by atoms with E-state index in [2.05, 4.69) is 0 Å². The Morgan fingerprint density at radius 1 is 1.22 bits per heavy atom. The van der Waals surface area contributed by atoms with Crippen LogP contribution in [0.1, 0.15) is 36.2 Å². The molecule has 1 aromatic rings. The minimum absolute atomic E-state index is 0.201. The van der Waals surface area contributed by atoms with Gasteiger partial charge in [-0.15, -0.1) is 0 Å². The average Bonchev–Trinajstić information content (AvgIpc) is 2.87. The summed E-state index contributed by atoms with van der Waals surface area (Å²) in [6, 6.07) is 2.82. The summed E-state index contributed by atoms with van der Waals surface area (Å²) in [5.74, 6) is 0.795. The van der Waals surface area contributed by atoms with Crippen LogP contribution >= 0.6 is 0 Å². The zero-order valence-electron chi connectivity index (χ0n) is 14.2. The van der Waals surface area contributed by atoms with E-state index in [0.29, 0.717) is 30.0 Å². The number of amides is 1. The number of nitrogens with zero attached hydrogens (tertiary/aromatic N) is 1. The molecule has 0 aliphatic carbocycles. The highest BCUT2D eigenvalue weighted by Gasteiger charge is 2.39. The molecule has 1 aromatic carbocycles. The zero-order chi connectivity index (χ0) is 17.1. The van der Waals surface area contributed by atoms with Crippen molar-refractivity contribution in [3.63, 3.8) is 0 Å². The number of rotatable bonds is 6. The Hall–Kier alpha value is -2.24. The summed E-state index contributed by atoms with van der Waals surface area (Å²) in [6.07, 6.45) is 0.547. The SMILES string of the molecule is COC(=O)[C@H](CC(C)C)N1Cc2c(OC)cc(OC)cc2C1=O. The summed E-state index contributed by atoms with van der Waals surface area (Å²) in [7, 11) is 4.43. The van der Waals surface area contributed by atoms with Gasteiger partial charge in [-0.1, -0.05) is 13.8 Å². The molecule has 1 aliphatic rings. The van der Waals surface area contributed by atoms with E-state index in [9.17, 15) is 9.59 Å². The number of benzene rings is 1. The molecule has 23 heavy (non-hydrogen) atoms. The van der Waals surface area contributed by atoms with Crippen LogP contribution in [0.2, 0.25) is 0 Å². The van der Waals surface area contributed by atoms with Crippen LogP contribution in [-0.4, -0.2) is 44.1 Å². The second-order valence-corrected chi connectivity index (χ2v) is 5.96. The Morgan fingerprint density at radius 2 is 1.91 bits per heavy atom. The van der Waals surface area contributed by atoms with Crippen LogP contribution < -0.4 is 9.47 Å². The molecule has 1 atom stereocenters. The van der Waals surface area contributed by atoms with Gasteiger partial charge in [0.15, 0.2) is 0 Å². The number of ether oxygens (including phenoxy) is 3. The largest absolute Gasteiger partial charge is 0.497 e. The molecule has 0 unspecified atom stereocenters. The van der Waals surface area contributed by atoms with Gasteiger partial charge < -0.3 is 19.1 Å². The van der Waals surface area contributed by atoms with Crippen molar-refractivity contribution < 1.29 is 23.8 Å². The fraction of sp³-hybridized carbons (Fsp3) is 0.529. The molecule has 0 aromatic heterocycles. The van der Waals surface area contributed by atoms with E-state index < -0.39 is 12.0 Å². The Bertz CT molecular complexity index is 611. The highest BCUT2D eigenvalue weighted by molar-refractivity contribution is 6.01. The number of methoxy groups -OCH3 is 3. The fourth-order valence-electron chi connectivity index (χ4n) is 2.86. The maximum atomic E-state index is 12.8. The van der Waals surface area contributed by atoms with Crippen LogP contribution in [0.5, 0.6) is 11.5 Å². The molecule has 0 radical (unpaired) electrons. The molecular weight excluding hydrogens is 298 g/mol. The Kier molecular flexibility index (Phi) is 5.13. The number of hydrogen-bond acceptors (Lipinski definition) is 5. The predicted molar refractivity (Wildman–Crippen MR) is 84.7 cm³/mol. The van der Waals surface area contributed by atoms with Crippen LogP contribution in [0.4, 0.5) is 0 Å². The molecule has 1 aliphatic heterocycles. The molecule has 0 saturated heterocycles. The van der Waals surface area contributed by atoms with Crippen LogP contribution in [0.25, 0.3) is 0 Å². The molecule has 0 saturated carbocycles. The van der Waals surface area contributed by atoms with Crippen molar-refractivity contribution in [2.45, 2.75) is 32.9 Å². The van der Waals surface area contributed by atoms with E-state index in [1.165, 1.54) is 14.2 Å². The molecular formula is C17H23NO5. The van der Waals surface area contributed by atoms with E-state index in [0.717, 1.165) is 5.56 Å². The molecule has 1 amide bonds. The maximum absolute atomic E-state index is 12.8. The Balaban J connectivity index is 2.40. The monoisotopic (exact) mass is 321 g/mol. The Morgan fingerprint density at radius 3 is 2.43 bits per heavy atom. The maximum Gasteiger partial charge on any atom is 0.328 e. The average molecular weight is 321 g/mol. The van der Waals surface area contributed by atoms with Gasteiger partial charge in [-0.2, -0.15) is 0 Å². The van der Waals surface area contributed by atoms with E-state index in [1.54, 1.807) is 24.1 Å². The smallest absolute Gasteiger partial charge is 0.328 e. The van der Waals surface area contributed by atoms with Gasteiger partial charge in [-0.05, 0) is 18.4 Å². The molecule has 2 rings (SSSR count). The first-order valence-corrected chi connectivity index (χ1v) is 7.56. The first-order valence-electron chi connectivity index (χ1n) is 7.56. The van der Waals surface area contributed by atoms with Gasteiger partial charge in [-0.25, -0.2) is 4.79 Å². The summed E-state index contributed by atoms with van der Waals surface area (Å²) < 4.78 is 15.5. The lowest BCUT2D eigenvalue weighted by Crippen LogP contribution is -2.42. The van der Waals surface area contributed by atoms with Gasteiger partial charge >= 0.3 is 5.97 Å². The van der Waals surface area contributed by atoms with Crippen molar-refractivity contribution in [3.05, 3.63) is 23.3 Å². The predicted octanol–water partition coefficient (Wildman–Crippen LogP) is 2.25. The zero-order valence-corrected chi connectivity index (χ0v) is 14.2. The molecule has 6 heteroatoms. The molecule has 0 fully saturated rings. The molecule has 0 spiro atoms. The number of fused-ring (bicyclic) bond motifs is 1. The number of esters is 1. The lowest BCUT2D eigenvalue weighted by Gasteiger charge is -2.26. The first-order chi connectivity index (χ1) is 10.9. The summed E-state index contributed by atoms with van der Waals surface area (Å²) in [6.45, 7) is 4.34. The minimum atomic E-state index is -0.601. The van der Waals surface area contributed by atoms with Crippen molar-refractivity contribution in [2.75, 3.05) is 21.3 Å². The van der Waals surface area contributed by atoms with Crippen LogP contribution in [0.3, 0.4) is 0 Å². The van der Waals surface area contributed by atoms with Gasteiger partial charge in [0, 0.05) is 11.6 Å². The van der Waals surface area contributed by atoms with E-state index >= 15 is 0 Å². The van der Waals surface area contributed by atoms with Crippen molar-refractivity contribution >= 4 is 11.9 Å². The van der Waals surface area contributed by atoms with Crippen LogP contribution in [-0.2, 0) is 16.1 Å². The third kappa shape index (κ3) is 3.25. The Labute approximate surface area is 136 Å². The number of carbonyl (C=O) groups is 2. The number of hydrogen-bond donors (Lipinski definition) is 0. The van der Waals surface area contributed by atoms with Gasteiger partial charge in [0.25, 0.3) is 5.91 Å². The molecule has 1 heterocycles. The molecule has 6 nitrogen and oxygen atoms in total. The normalized spacial score (nSPS) is 14.7. The summed E-state index contributed by atoms with van der Waals surface area (Å²) in [5, 5.41) is 0. The van der Waals surface area contributed by atoms with E-state index in [4.69, 9.17) is 14.2 Å². The van der Waals surface area contributed by atoms with E-state index in [1.807, 2.05) is 13.8 Å². The summed E-state index contributed by atoms with van der Waals surface area (Å²) in [4.78, 5) is 26.5. The van der Waals surface area contributed by atoms with Gasteiger partial charge in [0.1, 0.15) is 17.5 Å². The fourth-order valence-corrected chi connectivity index (χ4v) is 2.86. The topological polar surface area (TPSA) is 65.1 Å². The third-order valence-corrected chi connectivity index (χ3v) is 4.00. The second kappa shape index (κ2) is 6.89. The molecule has 0 bridgehead atoms. The van der Waals surface area contributed by atoms with Crippen molar-refractivity contribution in [1.29, 1.82) is 0 Å². The third-order valence-electron chi connectivity index (χ3n) is 4.00. The highest BCUT2D eigenvalue weighted by atomic mass is 16.5. The summed E-state index contributed by atoms with van der Waals surface area (Å²) >= 11 is 0. The van der Waals surface area contributed by atoms with Crippen molar-refractivity contribution in [3.8, 4) is 11.5 Å². The van der Waals surface area contributed by atoms with Crippen molar-refractivity contribution in [1.82, 2.24) is 4.90 Å². The van der Waals surface area contributed by atoms with Gasteiger partial charge in [0.2, 0.25) is 0 Å². The lowest BCUT2D eigenvalue weighted by atomic mass is 10.0. The number of carbonyl (C=O) groups excluding carboxylic acids is 2. The van der Waals surface area contributed by atoms with Crippen LogP contribution in [0.15, 0.2) is 12.1 Å². The molecule has 0 N–H and O–H groups in total. The lowest BCUT2D eigenvalue weighted by molar-refractivity contribution is -0.146. The minimum Gasteiger partial charge on any atom is -0.497 e. The van der Waals surface area contributed by atoms with Crippen LogP contribution in [0, 0.1) is 5.92 Å².